The van der Waals surface area contributed by atoms with Crippen LogP contribution in [0.15, 0.2) is 0 Å². The minimum absolute atomic E-state index is 0.00389. The lowest BCUT2D eigenvalue weighted by molar-refractivity contribution is -0.147. The van der Waals surface area contributed by atoms with Crippen molar-refractivity contribution in [3.8, 4) is 0 Å². The Morgan fingerprint density at radius 3 is 2.62 bits per heavy atom. The summed E-state index contributed by atoms with van der Waals surface area (Å²) in [4.78, 5) is 24.7. The quantitative estimate of drug-likeness (QED) is 0.639. The number of methoxy groups -OCH3 is 1. The predicted molar refractivity (Wildman–Crippen MR) is 91.5 cm³/mol. The van der Waals surface area contributed by atoms with Crippen molar-refractivity contribution in [3.05, 3.63) is 17.0 Å². The van der Waals surface area contributed by atoms with Gasteiger partial charge in [-0.3, -0.25) is 14.7 Å². The number of ether oxygens (including phenoxy) is 1. The van der Waals surface area contributed by atoms with Gasteiger partial charge >= 0.3 is 5.97 Å². The Bertz CT molecular complexity index is 563. The molecule has 1 aliphatic carbocycles. The summed E-state index contributed by atoms with van der Waals surface area (Å²) in [6.07, 6.45) is 5.41. The van der Waals surface area contributed by atoms with Crippen LogP contribution in [0.5, 0.6) is 0 Å². The Morgan fingerprint density at radius 1 is 1.29 bits per heavy atom. The summed E-state index contributed by atoms with van der Waals surface area (Å²) in [6, 6.07) is -0.124. The zero-order chi connectivity index (χ0) is 17.7. The predicted octanol–water partition coefficient (Wildman–Crippen LogP) is 2.44. The molecule has 1 aromatic rings. The summed E-state index contributed by atoms with van der Waals surface area (Å²) in [5.74, 6) is -0.611. The van der Waals surface area contributed by atoms with E-state index in [1.165, 1.54) is 7.11 Å². The summed E-state index contributed by atoms with van der Waals surface area (Å²) < 4.78 is 4.93. The van der Waals surface area contributed by atoms with Gasteiger partial charge in [-0.1, -0.05) is 26.2 Å². The summed E-state index contributed by atoms with van der Waals surface area (Å²) in [7, 11) is 1.42. The highest BCUT2D eigenvalue weighted by Crippen LogP contribution is 2.25. The van der Waals surface area contributed by atoms with E-state index in [0.717, 1.165) is 49.1 Å². The number of H-pyrrole nitrogens is 1. The first-order valence-corrected chi connectivity index (χ1v) is 8.82. The van der Waals surface area contributed by atoms with E-state index in [1.54, 1.807) is 0 Å². The van der Waals surface area contributed by atoms with Crippen molar-refractivity contribution in [1.82, 2.24) is 15.5 Å². The van der Waals surface area contributed by atoms with Gasteiger partial charge < -0.3 is 10.1 Å². The van der Waals surface area contributed by atoms with Gasteiger partial charge in [0, 0.05) is 17.7 Å². The van der Waals surface area contributed by atoms with Crippen LogP contribution in [0.2, 0.25) is 0 Å². The number of nitrogens with one attached hydrogen (secondary N) is 2. The maximum absolute atomic E-state index is 12.6. The van der Waals surface area contributed by atoms with E-state index in [4.69, 9.17) is 4.74 Å². The lowest BCUT2D eigenvalue weighted by Gasteiger charge is -2.25. The van der Waals surface area contributed by atoms with Crippen molar-refractivity contribution in [2.24, 2.45) is 11.8 Å². The van der Waals surface area contributed by atoms with Crippen LogP contribution in [-0.4, -0.2) is 35.2 Å². The standard InChI is InChI=1S/C18H29N3O3/c1-11(10-15-12(2)20-21-13(15)3)17(22)19-16-9-7-5-6-8-14(16)18(23)24-4/h11,14,16H,5-10H2,1-4H3,(H,19,22)(H,20,21)/t11-,14-,16-/m1/s1. The monoisotopic (exact) mass is 335 g/mol. The van der Waals surface area contributed by atoms with E-state index in [1.807, 2.05) is 20.8 Å². The van der Waals surface area contributed by atoms with Gasteiger partial charge in [0.05, 0.1) is 18.7 Å². The molecule has 1 heterocycles. The summed E-state index contributed by atoms with van der Waals surface area (Å²) >= 11 is 0. The third-order valence-corrected chi connectivity index (χ3v) is 5.09. The second-order valence-electron chi connectivity index (χ2n) is 6.90. The molecule has 6 nitrogen and oxygen atoms in total. The van der Waals surface area contributed by atoms with Crippen LogP contribution < -0.4 is 5.32 Å². The van der Waals surface area contributed by atoms with E-state index < -0.39 is 0 Å². The van der Waals surface area contributed by atoms with Gasteiger partial charge in [0.15, 0.2) is 0 Å². The first-order valence-electron chi connectivity index (χ1n) is 8.82. The maximum atomic E-state index is 12.6. The van der Waals surface area contributed by atoms with Gasteiger partial charge in [0.25, 0.3) is 0 Å². The summed E-state index contributed by atoms with van der Waals surface area (Å²) in [5, 5.41) is 10.2. The second kappa shape index (κ2) is 8.31. The molecule has 1 aliphatic rings. The number of aromatic nitrogens is 2. The highest BCUT2D eigenvalue weighted by atomic mass is 16.5. The first kappa shape index (κ1) is 18.5. The number of carbonyl (C=O) groups excluding carboxylic acids is 2. The lowest BCUT2D eigenvalue weighted by atomic mass is 9.93. The normalized spacial score (nSPS) is 22.5. The topological polar surface area (TPSA) is 84.1 Å². The molecule has 0 radical (unpaired) electrons. The fourth-order valence-corrected chi connectivity index (χ4v) is 3.51. The molecule has 1 saturated carbocycles. The third kappa shape index (κ3) is 4.36. The average Bonchev–Trinajstić information content (AvgIpc) is 2.77. The Balaban J connectivity index is 2.01. The summed E-state index contributed by atoms with van der Waals surface area (Å²) in [6.45, 7) is 5.84. The Morgan fingerprint density at radius 2 is 2.00 bits per heavy atom. The minimum atomic E-state index is -0.231. The van der Waals surface area contributed by atoms with Crippen LogP contribution in [-0.2, 0) is 20.7 Å². The summed E-state index contributed by atoms with van der Waals surface area (Å²) in [5.41, 5.74) is 3.05. The molecule has 0 aliphatic heterocycles. The molecular weight excluding hydrogens is 306 g/mol. The lowest BCUT2D eigenvalue weighted by Crippen LogP contribution is -2.45. The largest absolute Gasteiger partial charge is 0.469 e. The van der Waals surface area contributed by atoms with Crippen LogP contribution in [0, 0.1) is 25.7 Å². The van der Waals surface area contributed by atoms with Gasteiger partial charge in [-0.05, 0) is 38.7 Å². The average molecular weight is 335 g/mol. The number of carbonyl (C=O) groups is 2. The number of hydrogen-bond acceptors (Lipinski definition) is 4. The van der Waals surface area contributed by atoms with Crippen LogP contribution >= 0.6 is 0 Å². The highest BCUT2D eigenvalue weighted by molar-refractivity contribution is 5.80. The van der Waals surface area contributed by atoms with Crippen LogP contribution in [0.1, 0.15) is 56.0 Å². The van der Waals surface area contributed by atoms with E-state index in [-0.39, 0.29) is 29.8 Å². The first-order chi connectivity index (χ1) is 11.4. The van der Waals surface area contributed by atoms with E-state index >= 15 is 0 Å². The number of aromatic amines is 1. The SMILES string of the molecule is COC(=O)[C@@H]1CCCCC[C@H]1NC(=O)[C@H](C)Cc1c(C)n[nH]c1C. The molecular formula is C18H29N3O3. The number of aryl methyl sites for hydroxylation is 2. The maximum Gasteiger partial charge on any atom is 0.310 e. The van der Waals surface area contributed by atoms with Crippen LogP contribution in [0.25, 0.3) is 0 Å². The molecule has 0 unspecified atom stereocenters. The van der Waals surface area contributed by atoms with E-state index in [0.29, 0.717) is 6.42 Å². The smallest absolute Gasteiger partial charge is 0.310 e. The molecule has 6 heteroatoms. The van der Waals surface area contributed by atoms with Crippen molar-refractivity contribution in [1.29, 1.82) is 0 Å². The molecule has 1 amide bonds. The second-order valence-corrected chi connectivity index (χ2v) is 6.90. The fourth-order valence-electron chi connectivity index (χ4n) is 3.51. The molecule has 3 atom stereocenters. The number of nitrogens with zero attached hydrogens (tertiary/aromatic N) is 1. The molecule has 0 aromatic carbocycles. The van der Waals surface area contributed by atoms with Crippen molar-refractivity contribution in [2.75, 3.05) is 7.11 Å². The van der Waals surface area contributed by atoms with E-state index in [9.17, 15) is 9.59 Å². The number of amides is 1. The molecule has 1 fully saturated rings. The third-order valence-electron chi connectivity index (χ3n) is 5.09. The Hall–Kier alpha value is -1.85. The van der Waals surface area contributed by atoms with Crippen LogP contribution in [0.4, 0.5) is 0 Å². The fraction of sp³-hybridized carbons (Fsp3) is 0.722. The molecule has 2 rings (SSSR count). The number of hydrogen-bond donors (Lipinski definition) is 2. The minimum Gasteiger partial charge on any atom is -0.469 e. The van der Waals surface area contributed by atoms with Gasteiger partial charge in [-0.25, -0.2) is 0 Å². The van der Waals surface area contributed by atoms with Gasteiger partial charge in [-0.2, -0.15) is 5.10 Å². The molecule has 0 saturated heterocycles. The van der Waals surface area contributed by atoms with Crippen molar-refractivity contribution in [3.63, 3.8) is 0 Å². The Kier molecular flexibility index (Phi) is 6.40. The van der Waals surface area contributed by atoms with Gasteiger partial charge in [0.2, 0.25) is 5.91 Å². The van der Waals surface area contributed by atoms with Gasteiger partial charge in [-0.15, -0.1) is 0 Å². The van der Waals surface area contributed by atoms with Crippen molar-refractivity contribution in [2.45, 2.75) is 65.3 Å². The molecule has 24 heavy (non-hydrogen) atoms. The molecule has 0 spiro atoms. The Labute approximate surface area is 143 Å². The zero-order valence-corrected chi connectivity index (χ0v) is 15.1. The molecule has 134 valence electrons. The molecule has 1 aromatic heterocycles. The van der Waals surface area contributed by atoms with Crippen LogP contribution in [0.3, 0.4) is 0 Å². The number of esters is 1. The van der Waals surface area contributed by atoms with Crippen molar-refractivity contribution >= 4 is 11.9 Å². The zero-order valence-electron chi connectivity index (χ0n) is 15.1. The molecule has 2 N–H and O–H groups in total. The number of rotatable bonds is 5. The highest BCUT2D eigenvalue weighted by Gasteiger charge is 2.32. The molecule has 0 bridgehead atoms. The van der Waals surface area contributed by atoms with Gasteiger partial charge in [0.1, 0.15) is 0 Å². The van der Waals surface area contributed by atoms with Crippen molar-refractivity contribution < 1.29 is 14.3 Å². The van der Waals surface area contributed by atoms with E-state index in [2.05, 4.69) is 15.5 Å².